The quantitative estimate of drug-likeness (QED) is 0.242. The molecule has 0 fully saturated rings. The predicted octanol–water partition coefficient (Wildman–Crippen LogP) is 6.54. The highest BCUT2D eigenvalue weighted by molar-refractivity contribution is 7.08. The lowest BCUT2D eigenvalue weighted by molar-refractivity contribution is 0.102. The Bertz CT molecular complexity index is 1920. The van der Waals surface area contributed by atoms with E-state index in [0.717, 1.165) is 50.0 Å². The van der Waals surface area contributed by atoms with Crippen LogP contribution in [0.3, 0.4) is 0 Å². The number of aromatic nitrogens is 6. The number of aromatic amines is 2. The molecule has 0 unspecified atom stereocenters. The van der Waals surface area contributed by atoms with E-state index in [1.807, 2.05) is 53.9 Å². The normalized spacial score (nSPS) is 11.3. The van der Waals surface area contributed by atoms with Crippen molar-refractivity contribution in [3.8, 4) is 33.9 Å². The monoisotopic (exact) mass is 513 g/mol. The van der Waals surface area contributed by atoms with Gasteiger partial charge in [-0.15, -0.1) is 0 Å². The Kier molecular flexibility index (Phi) is 5.26. The van der Waals surface area contributed by atoms with E-state index in [9.17, 15) is 4.79 Å². The number of nitrogens with zero attached hydrogens (tertiary/aromatic N) is 4. The van der Waals surface area contributed by atoms with Crippen LogP contribution in [0.1, 0.15) is 10.4 Å². The summed E-state index contributed by atoms with van der Waals surface area (Å²) in [5.41, 5.74) is 8.22. The van der Waals surface area contributed by atoms with E-state index in [4.69, 9.17) is 4.98 Å². The number of pyridine rings is 2. The second kappa shape index (κ2) is 9.06. The fraction of sp³-hybridized carbons (Fsp3) is 0. The van der Waals surface area contributed by atoms with Gasteiger partial charge in [-0.1, -0.05) is 24.3 Å². The maximum absolute atomic E-state index is 12.6. The fourth-order valence-corrected chi connectivity index (χ4v) is 5.13. The minimum absolute atomic E-state index is 0.182. The summed E-state index contributed by atoms with van der Waals surface area (Å²) >= 11 is 1.63. The Morgan fingerprint density at radius 1 is 0.868 bits per heavy atom. The molecule has 3 N–H and O–H groups in total. The molecule has 2 aromatic carbocycles. The Balaban J connectivity index is 1.25. The third-order valence-electron chi connectivity index (χ3n) is 6.35. The van der Waals surface area contributed by atoms with E-state index in [0.29, 0.717) is 17.1 Å². The zero-order valence-corrected chi connectivity index (χ0v) is 20.7. The SMILES string of the molecule is O=C(Nc1cncc(-c2ccc3[nH]nc(-c4nc5c(-c6ccsc6)nccc5[nH]4)c3c2)c1)c1ccccc1. The van der Waals surface area contributed by atoms with Crippen molar-refractivity contribution in [3.05, 3.63) is 102 Å². The molecule has 182 valence electrons. The number of thiophene rings is 1. The second-order valence-electron chi connectivity index (χ2n) is 8.77. The number of H-pyrrole nitrogens is 2. The van der Waals surface area contributed by atoms with Crippen LogP contribution in [-0.2, 0) is 0 Å². The van der Waals surface area contributed by atoms with Gasteiger partial charge in [0.25, 0.3) is 5.91 Å². The highest BCUT2D eigenvalue weighted by Crippen LogP contribution is 2.33. The molecule has 0 saturated carbocycles. The van der Waals surface area contributed by atoms with Crippen LogP contribution in [0.15, 0.2) is 96.1 Å². The van der Waals surface area contributed by atoms with Gasteiger partial charge in [0.2, 0.25) is 0 Å². The van der Waals surface area contributed by atoms with Gasteiger partial charge >= 0.3 is 0 Å². The minimum atomic E-state index is -0.182. The number of nitrogens with one attached hydrogen (secondary N) is 3. The topological polar surface area (TPSA) is 112 Å². The van der Waals surface area contributed by atoms with Crippen LogP contribution in [0.25, 0.3) is 55.8 Å². The van der Waals surface area contributed by atoms with Crippen molar-refractivity contribution in [3.63, 3.8) is 0 Å². The molecule has 5 aromatic heterocycles. The predicted molar refractivity (Wildman–Crippen MR) is 150 cm³/mol. The molecule has 8 nitrogen and oxygen atoms in total. The van der Waals surface area contributed by atoms with Crippen LogP contribution in [0.5, 0.6) is 0 Å². The first-order valence-electron chi connectivity index (χ1n) is 11.9. The molecule has 38 heavy (non-hydrogen) atoms. The van der Waals surface area contributed by atoms with E-state index in [1.54, 1.807) is 42.1 Å². The third-order valence-corrected chi connectivity index (χ3v) is 7.03. The summed E-state index contributed by atoms with van der Waals surface area (Å²) in [6.07, 6.45) is 5.20. The molecule has 9 heteroatoms. The van der Waals surface area contributed by atoms with E-state index in [2.05, 4.69) is 41.9 Å². The molecular weight excluding hydrogens is 494 g/mol. The van der Waals surface area contributed by atoms with E-state index >= 15 is 0 Å². The maximum Gasteiger partial charge on any atom is 0.255 e. The van der Waals surface area contributed by atoms with Gasteiger partial charge in [-0.2, -0.15) is 16.4 Å². The molecule has 0 saturated heterocycles. The van der Waals surface area contributed by atoms with Gasteiger partial charge in [-0.3, -0.25) is 19.9 Å². The standard InChI is InChI=1S/C29H19N7OS/c37-29(17-4-2-1-3-5-17)32-21-12-20(14-30-15-21)18-6-7-23-22(13-18)26(36-35-23)28-33-24-8-10-31-25(27(24)34-28)19-9-11-38-16-19/h1-16H,(H,32,37)(H,33,34)(H,35,36). The third kappa shape index (κ3) is 3.91. The van der Waals surface area contributed by atoms with Crippen LogP contribution >= 0.6 is 11.3 Å². The summed E-state index contributed by atoms with van der Waals surface area (Å²) in [5, 5.41) is 15.6. The van der Waals surface area contributed by atoms with Crippen LogP contribution < -0.4 is 5.32 Å². The minimum Gasteiger partial charge on any atom is -0.336 e. The zero-order valence-electron chi connectivity index (χ0n) is 19.8. The summed E-state index contributed by atoms with van der Waals surface area (Å²) in [5.74, 6) is 0.480. The molecule has 7 rings (SSSR count). The number of benzene rings is 2. The fourth-order valence-electron chi connectivity index (χ4n) is 4.49. The molecule has 0 aliphatic heterocycles. The summed E-state index contributed by atoms with van der Waals surface area (Å²) in [6, 6.07) is 21.0. The van der Waals surface area contributed by atoms with E-state index in [-0.39, 0.29) is 5.91 Å². The highest BCUT2D eigenvalue weighted by atomic mass is 32.1. The number of carbonyl (C=O) groups is 1. The van der Waals surface area contributed by atoms with E-state index in [1.165, 1.54) is 0 Å². The van der Waals surface area contributed by atoms with Gasteiger partial charge in [-0.25, -0.2) is 4.98 Å². The van der Waals surface area contributed by atoms with Crippen LogP contribution in [0, 0.1) is 0 Å². The number of amides is 1. The molecule has 5 heterocycles. The average Bonchev–Trinajstić information content (AvgIpc) is 3.73. The highest BCUT2D eigenvalue weighted by Gasteiger charge is 2.17. The van der Waals surface area contributed by atoms with Crippen molar-refractivity contribution in [2.45, 2.75) is 0 Å². The first-order valence-corrected chi connectivity index (χ1v) is 12.8. The van der Waals surface area contributed by atoms with Gasteiger partial charge in [0.15, 0.2) is 5.82 Å². The van der Waals surface area contributed by atoms with Crippen molar-refractivity contribution in [1.82, 2.24) is 30.1 Å². The Labute approximate surface area is 220 Å². The molecule has 0 atom stereocenters. The van der Waals surface area contributed by atoms with Crippen molar-refractivity contribution in [2.75, 3.05) is 5.32 Å². The number of imidazole rings is 1. The molecule has 0 spiro atoms. The number of carbonyl (C=O) groups excluding carboxylic acids is 1. The van der Waals surface area contributed by atoms with Crippen LogP contribution in [-0.4, -0.2) is 36.0 Å². The zero-order chi connectivity index (χ0) is 25.5. The van der Waals surface area contributed by atoms with E-state index < -0.39 is 0 Å². The lowest BCUT2D eigenvalue weighted by Gasteiger charge is -2.08. The molecule has 0 radical (unpaired) electrons. The Morgan fingerprint density at radius 2 is 1.79 bits per heavy atom. The Morgan fingerprint density at radius 3 is 2.66 bits per heavy atom. The number of hydrogen-bond acceptors (Lipinski definition) is 6. The number of hydrogen-bond donors (Lipinski definition) is 3. The summed E-state index contributed by atoms with van der Waals surface area (Å²) < 4.78 is 0. The largest absolute Gasteiger partial charge is 0.336 e. The molecule has 0 aliphatic rings. The van der Waals surface area contributed by atoms with Crippen molar-refractivity contribution >= 4 is 44.9 Å². The maximum atomic E-state index is 12.6. The summed E-state index contributed by atoms with van der Waals surface area (Å²) in [4.78, 5) is 29.8. The van der Waals surface area contributed by atoms with Crippen molar-refractivity contribution in [1.29, 1.82) is 0 Å². The molecule has 7 aromatic rings. The van der Waals surface area contributed by atoms with Crippen LogP contribution in [0.4, 0.5) is 5.69 Å². The van der Waals surface area contributed by atoms with Crippen molar-refractivity contribution in [2.24, 2.45) is 0 Å². The van der Waals surface area contributed by atoms with Gasteiger partial charge in [-0.05, 0) is 53.4 Å². The molecule has 0 bridgehead atoms. The Hall–Kier alpha value is -5.15. The number of rotatable bonds is 5. The van der Waals surface area contributed by atoms with Crippen molar-refractivity contribution < 1.29 is 4.79 Å². The summed E-state index contributed by atoms with van der Waals surface area (Å²) in [7, 11) is 0. The molecule has 1 amide bonds. The smallest absolute Gasteiger partial charge is 0.255 e. The summed E-state index contributed by atoms with van der Waals surface area (Å²) in [6.45, 7) is 0. The van der Waals surface area contributed by atoms with Gasteiger partial charge < -0.3 is 10.3 Å². The number of fused-ring (bicyclic) bond motifs is 2. The first kappa shape index (κ1) is 22.1. The van der Waals surface area contributed by atoms with Gasteiger partial charge in [0.05, 0.1) is 28.6 Å². The second-order valence-corrected chi connectivity index (χ2v) is 9.55. The van der Waals surface area contributed by atoms with Gasteiger partial charge in [0, 0.05) is 39.9 Å². The first-order chi connectivity index (χ1) is 18.7. The lowest BCUT2D eigenvalue weighted by atomic mass is 10.0. The van der Waals surface area contributed by atoms with Gasteiger partial charge in [0.1, 0.15) is 11.2 Å². The lowest BCUT2D eigenvalue weighted by Crippen LogP contribution is -2.11. The molecule has 0 aliphatic carbocycles. The average molecular weight is 514 g/mol. The molecular formula is C29H19N7OS. The van der Waals surface area contributed by atoms with Crippen LogP contribution in [0.2, 0.25) is 0 Å². The number of anilines is 1.